The van der Waals surface area contributed by atoms with Gasteiger partial charge in [0, 0.05) is 11.9 Å². The molecular formula is C20H23N3O5S. The zero-order chi connectivity index (χ0) is 21.1. The van der Waals surface area contributed by atoms with Crippen LogP contribution in [0.1, 0.15) is 20.8 Å². The van der Waals surface area contributed by atoms with Crippen LogP contribution in [0.2, 0.25) is 0 Å². The van der Waals surface area contributed by atoms with Crippen molar-refractivity contribution in [1.82, 2.24) is 5.32 Å². The Balaban J connectivity index is 1.81. The van der Waals surface area contributed by atoms with Gasteiger partial charge in [0.05, 0.1) is 31.5 Å². The Kier molecular flexibility index (Phi) is 6.07. The van der Waals surface area contributed by atoms with Crippen LogP contribution in [0.15, 0.2) is 24.3 Å². The van der Waals surface area contributed by atoms with Crippen molar-refractivity contribution in [1.29, 1.82) is 0 Å². The summed E-state index contributed by atoms with van der Waals surface area (Å²) in [5.41, 5.74) is 1.89. The van der Waals surface area contributed by atoms with Gasteiger partial charge in [-0.05, 0) is 31.5 Å². The van der Waals surface area contributed by atoms with Crippen LogP contribution in [-0.2, 0) is 14.3 Å². The molecule has 154 valence electrons. The summed E-state index contributed by atoms with van der Waals surface area (Å²) in [6, 6.07) is 7.25. The molecule has 1 atom stereocenters. The molecule has 2 amide bonds. The number of carbonyl (C=O) groups excluding carboxylic acids is 3. The van der Waals surface area contributed by atoms with Crippen molar-refractivity contribution in [3.05, 3.63) is 40.3 Å². The lowest BCUT2D eigenvalue weighted by molar-refractivity contribution is -0.127. The van der Waals surface area contributed by atoms with Crippen molar-refractivity contribution in [2.24, 2.45) is 0 Å². The number of ether oxygens (including phenoxy) is 2. The van der Waals surface area contributed by atoms with Crippen LogP contribution in [0.4, 0.5) is 10.7 Å². The second kappa shape index (κ2) is 8.52. The number of rotatable bonds is 5. The molecule has 1 aliphatic heterocycles. The molecule has 29 heavy (non-hydrogen) atoms. The highest BCUT2D eigenvalue weighted by Crippen LogP contribution is 2.35. The lowest BCUT2D eigenvalue weighted by Gasteiger charge is -2.34. The van der Waals surface area contributed by atoms with E-state index in [1.54, 1.807) is 18.0 Å². The Morgan fingerprint density at radius 3 is 2.69 bits per heavy atom. The Labute approximate surface area is 172 Å². The summed E-state index contributed by atoms with van der Waals surface area (Å²) < 4.78 is 10.6. The van der Waals surface area contributed by atoms with E-state index in [-0.39, 0.29) is 24.9 Å². The maximum atomic E-state index is 12.8. The largest absolute Gasteiger partial charge is 0.477 e. The number of hydrogen-bond acceptors (Lipinski definition) is 7. The van der Waals surface area contributed by atoms with Crippen LogP contribution in [-0.4, -0.2) is 51.1 Å². The highest BCUT2D eigenvalue weighted by molar-refractivity contribution is 7.16. The molecule has 8 nitrogen and oxygen atoms in total. The number of anilines is 2. The highest BCUT2D eigenvalue weighted by Gasteiger charge is 2.31. The molecule has 3 rings (SSSR count). The first kappa shape index (κ1) is 20.7. The quantitative estimate of drug-likeness (QED) is 0.724. The zero-order valence-corrected chi connectivity index (χ0v) is 17.5. The van der Waals surface area contributed by atoms with E-state index in [9.17, 15) is 14.4 Å². The fourth-order valence-corrected chi connectivity index (χ4v) is 4.22. The molecule has 0 radical (unpaired) electrons. The Morgan fingerprint density at radius 2 is 2.00 bits per heavy atom. The second-order valence-corrected chi connectivity index (χ2v) is 7.82. The van der Waals surface area contributed by atoms with Crippen molar-refractivity contribution in [2.45, 2.75) is 20.0 Å². The minimum Gasteiger partial charge on any atom is -0.477 e. The Morgan fingerprint density at radius 1 is 1.28 bits per heavy atom. The molecule has 0 saturated heterocycles. The summed E-state index contributed by atoms with van der Waals surface area (Å²) in [5.74, 6) is -0.511. The van der Waals surface area contributed by atoms with Crippen molar-refractivity contribution >= 4 is 39.8 Å². The highest BCUT2D eigenvalue weighted by atomic mass is 32.1. The fourth-order valence-electron chi connectivity index (χ4n) is 3.16. The standard InChI is InChI=1S/C20H23N3O5S/c1-11-12(2)29-19(17(11)20(26)27-4)22-16(24)10-23-9-15(18(25)21-3)28-14-8-6-5-7-13(14)23/h5-8,15H,9-10H2,1-4H3,(H,21,25)(H,22,24)/t15-/m1/s1. The van der Waals surface area contributed by atoms with E-state index in [4.69, 9.17) is 9.47 Å². The van der Waals surface area contributed by atoms with Crippen molar-refractivity contribution in [3.8, 4) is 5.75 Å². The van der Waals surface area contributed by atoms with Gasteiger partial charge in [0.1, 0.15) is 10.8 Å². The van der Waals surface area contributed by atoms with Gasteiger partial charge in [-0.2, -0.15) is 0 Å². The maximum Gasteiger partial charge on any atom is 0.341 e. The van der Waals surface area contributed by atoms with E-state index in [1.165, 1.54) is 18.4 Å². The van der Waals surface area contributed by atoms with E-state index in [1.807, 2.05) is 32.0 Å². The molecule has 0 aliphatic carbocycles. The van der Waals surface area contributed by atoms with Crippen LogP contribution in [0.25, 0.3) is 0 Å². The third-order valence-corrected chi connectivity index (χ3v) is 5.89. The Hall–Kier alpha value is -3.07. The van der Waals surface area contributed by atoms with Gasteiger partial charge in [0.15, 0.2) is 6.10 Å². The van der Waals surface area contributed by atoms with Gasteiger partial charge in [0.25, 0.3) is 5.91 Å². The molecule has 1 aromatic heterocycles. The third kappa shape index (κ3) is 4.19. The smallest absolute Gasteiger partial charge is 0.341 e. The van der Waals surface area contributed by atoms with E-state index in [0.717, 1.165) is 16.1 Å². The molecule has 0 unspecified atom stereocenters. The van der Waals surface area contributed by atoms with E-state index >= 15 is 0 Å². The molecule has 2 N–H and O–H groups in total. The van der Waals surface area contributed by atoms with Crippen molar-refractivity contribution in [2.75, 3.05) is 37.5 Å². The number of methoxy groups -OCH3 is 1. The third-order valence-electron chi connectivity index (χ3n) is 4.76. The van der Waals surface area contributed by atoms with Crippen LogP contribution in [0.5, 0.6) is 5.75 Å². The monoisotopic (exact) mass is 417 g/mol. The molecular weight excluding hydrogens is 394 g/mol. The number of aryl methyl sites for hydroxylation is 1. The number of benzene rings is 1. The molecule has 1 aliphatic rings. The number of para-hydroxylation sites is 2. The number of nitrogens with zero attached hydrogens (tertiary/aromatic N) is 1. The van der Waals surface area contributed by atoms with Crippen molar-refractivity contribution < 1.29 is 23.9 Å². The summed E-state index contributed by atoms with van der Waals surface area (Å²) in [5, 5.41) is 5.85. The lowest BCUT2D eigenvalue weighted by atomic mass is 10.1. The SMILES string of the molecule is CNC(=O)[C@H]1CN(CC(=O)Nc2sc(C)c(C)c2C(=O)OC)c2ccccc2O1. The molecule has 2 aromatic rings. The minimum absolute atomic E-state index is 0.00444. The van der Waals surface area contributed by atoms with Gasteiger partial charge >= 0.3 is 5.97 Å². The molecule has 0 bridgehead atoms. The zero-order valence-electron chi connectivity index (χ0n) is 16.7. The van der Waals surface area contributed by atoms with E-state index in [0.29, 0.717) is 16.3 Å². The molecule has 0 spiro atoms. The van der Waals surface area contributed by atoms with Gasteiger partial charge in [-0.15, -0.1) is 11.3 Å². The summed E-state index contributed by atoms with van der Waals surface area (Å²) in [6.07, 6.45) is -0.723. The maximum absolute atomic E-state index is 12.8. The van der Waals surface area contributed by atoms with Crippen LogP contribution in [0, 0.1) is 13.8 Å². The van der Waals surface area contributed by atoms with E-state index in [2.05, 4.69) is 10.6 Å². The number of fused-ring (bicyclic) bond motifs is 1. The number of nitrogens with one attached hydrogen (secondary N) is 2. The van der Waals surface area contributed by atoms with Crippen molar-refractivity contribution in [3.63, 3.8) is 0 Å². The molecule has 1 aromatic carbocycles. The number of hydrogen-bond donors (Lipinski definition) is 2. The lowest BCUT2D eigenvalue weighted by Crippen LogP contribution is -2.50. The first-order valence-corrected chi connectivity index (χ1v) is 9.87. The van der Waals surface area contributed by atoms with Crippen LogP contribution >= 0.6 is 11.3 Å². The predicted molar refractivity (Wildman–Crippen MR) is 111 cm³/mol. The Bertz CT molecular complexity index is 956. The summed E-state index contributed by atoms with van der Waals surface area (Å²) in [4.78, 5) is 39.7. The predicted octanol–water partition coefficient (Wildman–Crippen LogP) is 2.10. The van der Waals surface area contributed by atoms with Gasteiger partial charge in [0.2, 0.25) is 5.91 Å². The number of likely N-dealkylation sites (N-methyl/N-ethyl adjacent to an activating group) is 1. The van der Waals surface area contributed by atoms with Crippen LogP contribution in [0.3, 0.4) is 0 Å². The number of thiophene rings is 1. The average molecular weight is 417 g/mol. The molecule has 0 fully saturated rings. The summed E-state index contributed by atoms with van der Waals surface area (Å²) in [6.45, 7) is 3.94. The number of esters is 1. The second-order valence-electron chi connectivity index (χ2n) is 6.60. The van der Waals surface area contributed by atoms with E-state index < -0.39 is 12.1 Å². The average Bonchev–Trinajstić information content (AvgIpc) is 2.99. The topological polar surface area (TPSA) is 97.0 Å². The number of amides is 2. The normalized spacial score (nSPS) is 15.2. The fraction of sp³-hybridized carbons (Fsp3) is 0.350. The molecule has 0 saturated carbocycles. The van der Waals surface area contributed by atoms with Gasteiger partial charge in [-0.1, -0.05) is 12.1 Å². The molecule has 2 heterocycles. The van der Waals surface area contributed by atoms with Gasteiger partial charge in [-0.25, -0.2) is 4.79 Å². The van der Waals surface area contributed by atoms with Crippen LogP contribution < -0.4 is 20.3 Å². The first-order valence-electron chi connectivity index (χ1n) is 9.06. The van der Waals surface area contributed by atoms with Gasteiger partial charge in [-0.3, -0.25) is 9.59 Å². The summed E-state index contributed by atoms with van der Waals surface area (Å²) in [7, 11) is 2.85. The minimum atomic E-state index is -0.723. The molecule has 9 heteroatoms. The first-order chi connectivity index (χ1) is 13.8. The van der Waals surface area contributed by atoms with Gasteiger partial charge < -0.3 is 25.0 Å². The summed E-state index contributed by atoms with van der Waals surface area (Å²) >= 11 is 1.33. The number of carbonyl (C=O) groups is 3.